The van der Waals surface area contributed by atoms with Gasteiger partial charge in [0, 0.05) is 23.5 Å². The molecule has 0 unspecified atom stereocenters. The topological polar surface area (TPSA) is 93.9 Å². The number of amides is 1. The number of furan rings is 1. The predicted octanol–water partition coefficient (Wildman–Crippen LogP) is 2.64. The molecule has 0 spiro atoms. The Hall–Kier alpha value is -2.35. The van der Waals surface area contributed by atoms with Gasteiger partial charge in [0.25, 0.3) is 5.91 Å². The molecule has 0 N–H and O–H groups in total. The summed E-state index contributed by atoms with van der Waals surface area (Å²) in [5, 5.41) is 0.847. The second kappa shape index (κ2) is 8.98. The van der Waals surface area contributed by atoms with Gasteiger partial charge in [-0.05, 0) is 31.4 Å². The zero-order valence-electron chi connectivity index (χ0n) is 16.8. The van der Waals surface area contributed by atoms with Crippen molar-refractivity contribution in [2.45, 2.75) is 45.6 Å². The third-order valence-corrected chi connectivity index (χ3v) is 6.98. The second-order valence-corrected chi connectivity index (χ2v) is 9.82. The van der Waals surface area contributed by atoms with Gasteiger partial charge in [-0.3, -0.25) is 9.59 Å². The summed E-state index contributed by atoms with van der Waals surface area (Å²) < 4.78 is 34.3. The number of unbranched alkanes of at least 4 members (excludes halogenated alkanes) is 1. The summed E-state index contributed by atoms with van der Waals surface area (Å²) in [6.45, 7) is 4.05. The first kappa shape index (κ1) is 21.4. The van der Waals surface area contributed by atoms with Gasteiger partial charge in [0.15, 0.2) is 16.4 Å². The lowest BCUT2D eigenvalue weighted by atomic mass is 10.1. The molecule has 1 atom stereocenters. The number of esters is 1. The first-order chi connectivity index (χ1) is 13.8. The van der Waals surface area contributed by atoms with Crippen LogP contribution in [0.4, 0.5) is 0 Å². The van der Waals surface area contributed by atoms with Crippen LogP contribution in [0.3, 0.4) is 0 Å². The average Bonchev–Trinajstić information content (AvgIpc) is 3.22. The third-order valence-electron chi connectivity index (χ3n) is 5.22. The number of sulfone groups is 1. The van der Waals surface area contributed by atoms with Gasteiger partial charge in [0.2, 0.25) is 0 Å². The lowest BCUT2D eigenvalue weighted by molar-refractivity contribution is -0.152. The molecule has 8 heteroatoms. The van der Waals surface area contributed by atoms with E-state index in [4.69, 9.17) is 9.15 Å². The Morgan fingerprint density at radius 1 is 1.31 bits per heavy atom. The molecule has 1 aromatic heterocycles. The summed E-state index contributed by atoms with van der Waals surface area (Å²) in [4.78, 5) is 26.5. The van der Waals surface area contributed by atoms with E-state index in [1.165, 1.54) is 6.26 Å². The second-order valence-electron chi connectivity index (χ2n) is 7.60. The molecule has 158 valence electrons. The van der Waals surface area contributed by atoms with Gasteiger partial charge >= 0.3 is 5.97 Å². The molecule has 1 aliphatic rings. The van der Waals surface area contributed by atoms with E-state index in [1.54, 1.807) is 4.90 Å². The molecule has 1 saturated heterocycles. The van der Waals surface area contributed by atoms with Crippen LogP contribution in [0.15, 0.2) is 28.9 Å². The van der Waals surface area contributed by atoms with Crippen LogP contribution in [0.1, 0.15) is 37.3 Å². The number of aryl methyl sites for hydroxylation is 1. The van der Waals surface area contributed by atoms with Crippen molar-refractivity contribution in [1.82, 2.24) is 4.90 Å². The van der Waals surface area contributed by atoms with Gasteiger partial charge in [-0.25, -0.2) is 8.42 Å². The maximum atomic E-state index is 12.6. The highest BCUT2D eigenvalue weighted by Crippen LogP contribution is 2.23. The summed E-state index contributed by atoms with van der Waals surface area (Å²) >= 11 is 0. The van der Waals surface area contributed by atoms with Crippen LogP contribution < -0.4 is 0 Å². The van der Waals surface area contributed by atoms with E-state index in [-0.39, 0.29) is 36.5 Å². The average molecular weight is 422 g/mol. The molecule has 1 aliphatic heterocycles. The van der Waals surface area contributed by atoms with E-state index in [2.05, 4.69) is 0 Å². The summed E-state index contributed by atoms with van der Waals surface area (Å²) in [5.74, 6) is -0.783. The molecular formula is C21H27NO6S. The normalized spacial score (nSPS) is 18.1. The molecule has 29 heavy (non-hydrogen) atoms. The van der Waals surface area contributed by atoms with Gasteiger partial charge in [-0.1, -0.05) is 25.5 Å². The smallest absolute Gasteiger partial charge is 0.310 e. The number of rotatable bonds is 8. The zero-order chi connectivity index (χ0) is 21.0. The van der Waals surface area contributed by atoms with E-state index in [1.807, 2.05) is 32.0 Å². The first-order valence-electron chi connectivity index (χ1n) is 9.91. The summed E-state index contributed by atoms with van der Waals surface area (Å²) in [7, 11) is -3.10. The van der Waals surface area contributed by atoms with E-state index in [0.29, 0.717) is 24.1 Å². The quantitative estimate of drug-likeness (QED) is 0.608. The SMILES string of the molecule is CCCCN(C(=O)COC(=O)Cc1coc2cc(C)ccc12)[C@@H]1CCS(=O)(=O)C1. The van der Waals surface area contributed by atoms with Gasteiger partial charge < -0.3 is 14.1 Å². The lowest BCUT2D eigenvalue weighted by Crippen LogP contribution is -2.44. The number of benzene rings is 1. The van der Waals surface area contributed by atoms with Crippen molar-refractivity contribution in [2.24, 2.45) is 0 Å². The van der Waals surface area contributed by atoms with Crippen LogP contribution in [0.2, 0.25) is 0 Å². The molecule has 7 nitrogen and oxygen atoms in total. The minimum Gasteiger partial charge on any atom is -0.464 e. The van der Waals surface area contributed by atoms with Crippen molar-refractivity contribution in [3.8, 4) is 0 Å². The van der Waals surface area contributed by atoms with Crippen molar-refractivity contribution in [3.63, 3.8) is 0 Å². The Kier molecular flexibility index (Phi) is 6.62. The standard InChI is InChI=1S/C21H27NO6S/c1-3-4-8-22(17-7-9-29(25,26)14-17)20(23)13-28-21(24)11-16-12-27-19-10-15(2)5-6-18(16)19/h5-6,10,12,17H,3-4,7-9,11,13-14H2,1-2H3/t17-/m1/s1. The van der Waals surface area contributed by atoms with Crippen molar-refractivity contribution in [3.05, 3.63) is 35.6 Å². The molecular weight excluding hydrogens is 394 g/mol. The summed E-state index contributed by atoms with van der Waals surface area (Å²) in [6.07, 6.45) is 3.64. The summed E-state index contributed by atoms with van der Waals surface area (Å²) in [6, 6.07) is 5.40. The molecule has 0 radical (unpaired) electrons. The van der Waals surface area contributed by atoms with Crippen LogP contribution in [-0.4, -0.2) is 55.9 Å². The van der Waals surface area contributed by atoms with E-state index >= 15 is 0 Å². The Balaban J connectivity index is 1.59. The van der Waals surface area contributed by atoms with Crippen molar-refractivity contribution >= 4 is 32.7 Å². The Morgan fingerprint density at radius 2 is 2.10 bits per heavy atom. The van der Waals surface area contributed by atoms with Gasteiger partial charge in [-0.15, -0.1) is 0 Å². The highest BCUT2D eigenvalue weighted by molar-refractivity contribution is 7.91. The molecule has 0 saturated carbocycles. The van der Waals surface area contributed by atoms with E-state index in [0.717, 1.165) is 23.8 Å². The molecule has 1 aromatic carbocycles. The zero-order valence-corrected chi connectivity index (χ0v) is 17.7. The molecule has 1 fully saturated rings. The van der Waals surface area contributed by atoms with Gasteiger partial charge in [-0.2, -0.15) is 0 Å². The highest BCUT2D eigenvalue weighted by Gasteiger charge is 2.34. The lowest BCUT2D eigenvalue weighted by Gasteiger charge is -2.28. The molecule has 0 bridgehead atoms. The fraction of sp³-hybridized carbons (Fsp3) is 0.524. The minimum atomic E-state index is -3.10. The Morgan fingerprint density at radius 3 is 2.79 bits per heavy atom. The van der Waals surface area contributed by atoms with Crippen LogP contribution in [-0.2, 0) is 30.6 Å². The fourth-order valence-corrected chi connectivity index (χ4v) is 5.35. The van der Waals surface area contributed by atoms with Crippen LogP contribution in [0.5, 0.6) is 0 Å². The molecule has 2 aromatic rings. The number of hydrogen-bond acceptors (Lipinski definition) is 6. The minimum absolute atomic E-state index is 0.0100. The predicted molar refractivity (Wildman–Crippen MR) is 109 cm³/mol. The Labute approximate surface area is 170 Å². The van der Waals surface area contributed by atoms with Gasteiger partial charge in [0.05, 0.1) is 24.2 Å². The maximum absolute atomic E-state index is 12.6. The number of nitrogens with zero attached hydrogens (tertiary/aromatic N) is 1. The maximum Gasteiger partial charge on any atom is 0.310 e. The fourth-order valence-electron chi connectivity index (χ4n) is 3.62. The highest BCUT2D eigenvalue weighted by atomic mass is 32.2. The number of carbonyl (C=O) groups excluding carboxylic acids is 2. The molecule has 0 aliphatic carbocycles. The van der Waals surface area contributed by atoms with Crippen molar-refractivity contribution in [1.29, 1.82) is 0 Å². The van der Waals surface area contributed by atoms with Crippen LogP contribution in [0.25, 0.3) is 11.0 Å². The van der Waals surface area contributed by atoms with E-state index < -0.39 is 15.8 Å². The Bertz CT molecular complexity index is 994. The third kappa shape index (κ3) is 5.38. The largest absolute Gasteiger partial charge is 0.464 e. The van der Waals surface area contributed by atoms with Crippen LogP contribution >= 0.6 is 0 Å². The van der Waals surface area contributed by atoms with E-state index in [9.17, 15) is 18.0 Å². The van der Waals surface area contributed by atoms with Gasteiger partial charge in [0.1, 0.15) is 5.58 Å². The number of carbonyl (C=O) groups is 2. The number of ether oxygens (including phenoxy) is 1. The van der Waals surface area contributed by atoms with Crippen molar-refractivity contribution < 1.29 is 27.2 Å². The monoisotopic (exact) mass is 421 g/mol. The molecule has 1 amide bonds. The van der Waals surface area contributed by atoms with Crippen LogP contribution in [0, 0.1) is 6.92 Å². The van der Waals surface area contributed by atoms with Crippen molar-refractivity contribution in [2.75, 3.05) is 24.7 Å². The number of hydrogen-bond donors (Lipinski definition) is 0. The number of fused-ring (bicyclic) bond motifs is 1. The molecule has 3 rings (SSSR count). The summed E-state index contributed by atoms with van der Waals surface area (Å²) in [5.41, 5.74) is 2.48. The molecule has 2 heterocycles. The first-order valence-corrected chi connectivity index (χ1v) is 11.7.